The molecular formula is C30H47N3O5S. The lowest BCUT2D eigenvalue weighted by atomic mass is 9.88. The van der Waals surface area contributed by atoms with Crippen LogP contribution in [0.5, 0.6) is 0 Å². The highest BCUT2D eigenvalue weighted by atomic mass is 32.2. The first-order valence-corrected chi connectivity index (χ1v) is 15.3. The van der Waals surface area contributed by atoms with E-state index in [0.29, 0.717) is 38.6 Å². The molecule has 0 aromatic heterocycles. The van der Waals surface area contributed by atoms with E-state index in [0.717, 1.165) is 24.0 Å². The fraction of sp³-hybridized carbons (Fsp3) is 0.633. The summed E-state index contributed by atoms with van der Waals surface area (Å²) in [6.07, 6.45) is 5.96. The van der Waals surface area contributed by atoms with Crippen LogP contribution in [0.25, 0.3) is 0 Å². The van der Waals surface area contributed by atoms with Crippen LogP contribution in [-0.2, 0) is 30.4 Å². The molecule has 0 radical (unpaired) electrons. The normalized spacial score (nSPS) is 14.2. The van der Waals surface area contributed by atoms with Gasteiger partial charge in [0.25, 0.3) is 0 Å². The molecule has 1 aromatic rings. The summed E-state index contributed by atoms with van der Waals surface area (Å²) in [6.45, 7) is 5.90. The summed E-state index contributed by atoms with van der Waals surface area (Å²) >= 11 is 1.60. The van der Waals surface area contributed by atoms with Gasteiger partial charge in [0.05, 0.1) is 12.1 Å². The summed E-state index contributed by atoms with van der Waals surface area (Å²) in [5, 5.41) is 5.76. The van der Waals surface area contributed by atoms with E-state index < -0.39 is 23.9 Å². The molecule has 1 aromatic carbocycles. The van der Waals surface area contributed by atoms with Gasteiger partial charge in [-0.25, -0.2) is 0 Å². The highest BCUT2D eigenvalue weighted by molar-refractivity contribution is 7.98. The molecule has 1 rings (SSSR count). The number of hydrogen-bond acceptors (Lipinski definition) is 7. The Balaban J connectivity index is 3.13. The maximum atomic E-state index is 13.6. The maximum Gasteiger partial charge on any atom is 0.224 e. The minimum atomic E-state index is -0.764. The van der Waals surface area contributed by atoms with Crippen molar-refractivity contribution in [2.75, 3.05) is 18.6 Å². The number of aldehydes is 1. The van der Waals surface area contributed by atoms with Gasteiger partial charge in [-0.2, -0.15) is 11.8 Å². The number of hydrogen-bond donors (Lipinski definition) is 3. The first kappa shape index (κ1) is 34.5. The lowest BCUT2D eigenvalue weighted by molar-refractivity contribution is -0.134. The van der Waals surface area contributed by atoms with Crippen molar-refractivity contribution in [2.24, 2.45) is 23.5 Å². The minimum Gasteiger partial charge on any atom is -0.346 e. The van der Waals surface area contributed by atoms with Gasteiger partial charge in [-0.3, -0.25) is 19.2 Å². The third kappa shape index (κ3) is 13.9. The standard InChI is InChI=1S/C30H47N3O5S/c1-21(2)18-27(33-29(37)24(13-16-34)14-17-39-4)28(36)20-25(19-23-10-6-5-7-11-23)30(38)32-26(22(3)35)12-8-9-15-31/h5-7,10-11,16,21,24-27H,8-9,12-15,17-20,31H2,1-4H3,(H,32,38)(H,33,37). The molecule has 39 heavy (non-hydrogen) atoms. The Hall–Kier alpha value is -2.52. The van der Waals surface area contributed by atoms with Crippen molar-refractivity contribution in [1.29, 1.82) is 0 Å². The van der Waals surface area contributed by atoms with Crippen LogP contribution >= 0.6 is 11.8 Å². The van der Waals surface area contributed by atoms with Gasteiger partial charge in [0, 0.05) is 24.7 Å². The SMILES string of the molecule is CSCCC(CC=O)C(=O)NC(CC(C)C)C(=O)CC(Cc1ccccc1)C(=O)NC(CCCCN)C(C)=O. The van der Waals surface area contributed by atoms with E-state index in [1.807, 2.05) is 50.4 Å². The summed E-state index contributed by atoms with van der Waals surface area (Å²) in [5.41, 5.74) is 6.48. The summed E-state index contributed by atoms with van der Waals surface area (Å²) in [4.78, 5) is 63.5. The number of amides is 2. The van der Waals surface area contributed by atoms with E-state index in [2.05, 4.69) is 10.6 Å². The van der Waals surface area contributed by atoms with E-state index in [1.54, 1.807) is 11.8 Å². The number of unbranched alkanes of at least 4 members (excludes halogenated alkanes) is 1. The summed E-state index contributed by atoms with van der Waals surface area (Å²) in [7, 11) is 0. The van der Waals surface area contributed by atoms with Gasteiger partial charge in [-0.1, -0.05) is 44.2 Å². The predicted molar refractivity (Wildman–Crippen MR) is 157 cm³/mol. The first-order chi connectivity index (χ1) is 18.6. The molecule has 0 fully saturated rings. The molecule has 2 amide bonds. The van der Waals surface area contributed by atoms with Crippen LogP contribution in [0.15, 0.2) is 30.3 Å². The van der Waals surface area contributed by atoms with Crippen molar-refractivity contribution >= 4 is 41.4 Å². The Bertz CT molecular complexity index is 909. The quantitative estimate of drug-likeness (QED) is 0.154. The third-order valence-electron chi connectivity index (χ3n) is 6.73. The van der Waals surface area contributed by atoms with Crippen LogP contribution in [0.2, 0.25) is 0 Å². The maximum absolute atomic E-state index is 13.6. The van der Waals surface area contributed by atoms with E-state index in [1.165, 1.54) is 6.92 Å². The van der Waals surface area contributed by atoms with Gasteiger partial charge in [-0.15, -0.1) is 0 Å². The number of nitrogens with two attached hydrogens (primary N) is 1. The van der Waals surface area contributed by atoms with E-state index in [9.17, 15) is 24.0 Å². The highest BCUT2D eigenvalue weighted by Crippen LogP contribution is 2.19. The lowest BCUT2D eigenvalue weighted by Crippen LogP contribution is -2.47. The summed E-state index contributed by atoms with van der Waals surface area (Å²) in [5.74, 6) is -1.37. The molecule has 0 saturated carbocycles. The van der Waals surface area contributed by atoms with E-state index in [-0.39, 0.29) is 42.1 Å². The Morgan fingerprint density at radius 1 is 0.949 bits per heavy atom. The monoisotopic (exact) mass is 561 g/mol. The molecule has 0 saturated heterocycles. The molecule has 0 bridgehead atoms. The molecule has 0 aliphatic rings. The molecule has 218 valence electrons. The number of ketones is 2. The second-order valence-corrected chi connectivity index (χ2v) is 11.6. The van der Waals surface area contributed by atoms with Crippen molar-refractivity contribution in [3.05, 3.63) is 35.9 Å². The Morgan fingerprint density at radius 3 is 2.15 bits per heavy atom. The zero-order chi connectivity index (χ0) is 29.2. The number of nitrogens with one attached hydrogen (secondary N) is 2. The summed E-state index contributed by atoms with van der Waals surface area (Å²) in [6, 6.07) is 8.04. The van der Waals surface area contributed by atoms with Gasteiger partial charge in [0.15, 0.2) is 11.6 Å². The molecule has 4 N–H and O–H groups in total. The van der Waals surface area contributed by atoms with Crippen molar-refractivity contribution in [3.63, 3.8) is 0 Å². The van der Waals surface area contributed by atoms with Gasteiger partial charge in [-0.05, 0) is 75.5 Å². The molecule has 0 aliphatic carbocycles. The zero-order valence-electron chi connectivity index (χ0n) is 23.9. The van der Waals surface area contributed by atoms with Gasteiger partial charge >= 0.3 is 0 Å². The van der Waals surface area contributed by atoms with Crippen molar-refractivity contribution in [2.45, 2.75) is 84.2 Å². The molecule has 4 atom stereocenters. The van der Waals surface area contributed by atoms with Gasteiger partial charge in [0.2, 0.25) is 11.8 Å². The number of Topliss-reactive ketones (excluding diaryl/α,β-unsaturated/α-hetero) is 2. The fourth-order valence-electron chi connectivity index (χ4n) is 4.46. The van der Waals surface area contributed by atoms with E-state index >= 15 is 0 Å². The van der Waals surface area contributed by atoms with Crippen LogP contribution in [0.1, 0.15) is 71.3 Å². The number of carbonyl (C=O) groups excluding carboxylic acids is 5. The Labute approximate surface area is 238 Å². The minimum absolute atomic E-state index is 0.0744. The van der Waals surface area contributed by atoms with Crippen molar-refractivity contribution < 1.29 is 24.0 Å². The Kier molecular flexibility index (Phi) is 17.3. The molecule has 8 nitrogen and oxygen atoms in total. The lowest BCUT2D eigenvalue weighted by Gasteiger charge is -2.25. The van der Waals surface area contributed by atoms with Crippen LogP contribution in [-0.4, -0.2) is 60.3 Å². The van der Waals surface area contributed by atoms with Crippen LogP contribution in [0.3, 0.4) is 0 Å². The van der Waals surface area contributed by atoms with Crippen LogP contribution < -0.4 is 16.4 Å². The number of benzene rings is 1. The number of carbonyl (C=O) groups is 5. The molecular weight excluding hydrogens is 514 g/mol. The van der Waals surface area contributed by atoms with Crippen LogP contribution in [0.4, 0.5) is 0 Å². The average molecular weight is 562 g/mol. The zero-order valence-corrected chi connectivity index (χ0v) is 24.8. The van der Waals surface area contributed by atoms with Crippen LogP contribution in [0, 0.1) is 17.8 Å². The summed E-state index contributed by atoms with van der Waals surface area (Å²) < 4.78 is 0. The molecule has 0 heterocycles. The average Bonchev–Trinajstić information content (AvgIpc) is 2.89. The molecule has 0 spiro atoms. The molecule has 9 heteroatoms. The first-order valence-electron chi connectivity index (χ1n) is 13.9. The number of thioether (sulfide) groups is 1. The highest BCUT2D eigenvalue weighted by Gasteiger charge is 2.31. The molecule has 4 unspecified atom stereocenters. The van der Waals surface area contributed by atoms with Gasteiger partial charge < -0.3 is 21.2 Å². The Morgan fingerprint density at radius 2 is 1.59 bits per heavy atom. The fourth-order valence-corrected chi connectivity index (χ4v) is 4.99. The van der Waals surface area contributed by atoms with Crippen molar-refractivity contribution in [3.8, 4) is 0 Å². The smallest absolute Gasteiger partial charge is 0.224 e. The number of rotatable bonds is 21. The second kappa shape index (κ2) is 19.5. The van der Waals surface area contributed by atoms with Gasteiger partial charge in [0.1, 0.15) is 6.29 Å². The third-order valence-corrected chi connectivity index (χ3v) is 7.38. The van der Waals surface area contributed by atoms with Crippen molar-refractivity contribution in [1.82, 2.24) is 10.6 Å². The predicted octanol–water partition coefficient (Wildman–Crippen LogP) is 3.50. The molecule has 0 aliphatic heterocycles. The second-order valence-electron chi connectivity index (χ2n) is 10.6. The van der Waals surface area contributed by atoms with E-state index in [4.69, 9.17) is 5.73 Å². The largest absolute Gasteiger partial charge is 0.346 e. The topological polar surface area (TPSA) is 135 Å².